The second kappa shape index (κ2) is 9.18. The number of benzene rings is 3. The van der Waals surface area contributed by atoms with Crippen LogP contribution in [0.1, 0.15) is 5.56 Å². The van der Waals surface area contributed by atoms with Crippen molar-refractivity contribution in [2.45, 2.75) is 16.3 Å². The minimum Gasteiger partial charge on any atom is -0.497 e. The molecule has 4 aromatic rings. The monoisotopic (exact) mass is 483 g/mol. The smallest absolute Gasteiger partial charge is 0.211 e. The van der Waals surface area contributed by atoms with Crippen LogP contribution in [0.15, 0.2) is 81.4 Å². The molecule has 3 aromatic carbocycles. The third-order valence-corrected chi connectivity index (χ3v) is 7.22. The van der Waals surface area contributed by atoms with Crippen molar-refractivity contribution in [3.8, 4) is 17.2 Å². The predicted octanol–water partition coefficient (Wildman–Crippen LogP) is 4.05. The molecule has 0 amide bonds. The first-order valence-corrected chi connectivity index (χ1v) is 11.7. The van der Waals surface area contributed by atoms with Crippen LogP contribution in [-0.2, 0) is 16.4 Å². The Morgan fingerprint density at radius 2 is 1.56 bits per heavy atom. The van der Waals surface area contributed by atoms with Gasteiger partial charge in [-0.25, -0.2) is 12.8 Å². The summed E-state index contributed by atoms with van der Waals surface area (Å²) in [6.45, 7) is 0.120. The second-order valence-electron chi connectivity index (χ2n) is 7.48. The van der Waals surface area contributed by atoms with Crippen molar-refractivity contribution in [1.82, 2.24) is 4.57 Å². The maximum Gasteiger partial charge on any atom is 0.211 e. The fourth-order valence-electron chi connectivity index (χ4n) is 3.73. The Morgan fingerprint density at radius 1 is 0.882 bits per heavy atom. The third kappa shape index (κ3) is 4.22. The summed E-state index contributed by atoms with van der Waals surface area (Å²) in [6.07, 6.45) is 1.28. The Balaban J connectivity index is 2.00. The van der Waals surface area contributed by atoms with Crippen LogP contribution >= 0.6 is 0 Å². The van der Waals surface area contributed by atoms with Gasteiger partial charge < -0.3 is 18.8 Å². The Kier molecular flexibility index (Phi) is 6.30. The van der Waals surface area contributed by atoms with Crippen LogP contribution in [-0.4, -0.2) is 34.3 Å². The van der Waals surface area contributed by atoms with Gasteiger partial charge in [-0.2, -0.15) is 0 Å². The van der Waals surface area contributed by atoms with Gasteiger partial charge in [-0.1, -0.05) is 12.1 Å². The van der Waals surface area contributed by atoms with Crippen LogP contribution < -0.4 is 19.6 Å². The molecule has 0 fully saturated rings. The largest absolute Gasteiger partial charge is 0.497 e. The average Bonchev–Trinajstić information content (AvgIpc) is 2.84. The lowest BCUT2D eigenvalue weighted by molar-refractivity contribution is 0.355. The molecule has 0 aliphatic rings. The first-order valence-electron chi connectivity index (χ1n) is 10.2. The van der Waals surface area contributed by atoms with E-state index in [1.54, 1.807) is 22.8 Å². The van der Waals surface area contributed by atoms with Crippen LogP contribution in [0.5, 0.6) is 17.2 Å². The highest BCUT2D eigenvalue weighted by Crippen LogP contribution is 2.32. The molecule has 0 aliphatic carbocycles. The molecular formula is C25H22FNO6S. The molecule has 4 rings (SSSR count). The van der Waals surface area contributed by atoms with Gasteiger partial charge in [-0.3, -0.25) is 4.79 Å². The van der Waals surface area contributed by atoms with Gasteiger partial charge in [0.15, 0.2) is 11.5 Å². The SMILES string of the molecule is COc1ccc(S(=O)(=O)c2cn(Cc3cccc(F)c3)c3cc(OC)c(OC)cc3c2=O)cc1. The molecule has 176 valence electrons. The van der Waals surface area contributed by atoms with E-state index in [0.717, 1.165) is 0 Å². The van der Waals surface area contributed by atoms with Crippen molar-refractivity contribution in [3.05, 3.63) is 88.5 Å². The molecule has 7 nitrogen and oxygen atoms in total. The van der Waals surface area contributed by atoms with E-state index in [2.05, 4.69) is 0 Å². The average molecular weight is 484 g/mol. The molecule has 0 atom stereocenters. The van der Waals surface area contributed by atoms with E-state index < -0.39 is 26.0 Å². The molecule has 0 unspecified atom stereocenters. The topological polar surface area (TPSA) is 83.8 Å². The van der Waals surface area contributed by atoms with E-state index in [1.807, 2.05) is 0 Å². The summed E-state index contributed by atoms with van der Waals surface area (Å²) in [7, 11) is 0.176. The van der Waals surface area contributed by atoms with E-state index in [-0.39, 0.29) is 22.6 Å². The predicted molar refractivity (Wildman–Crippen MR) is 125 cm³/mol. The molecule has 34 heavy (non-hydrogen) atoms. The summed E-state index contributed by atoms with van der Waals surface area (Å²) in [6, 6.07) is 14.8. The van der Waals surface area contributed by atoms with Crippen LogP contribution in [0.25, 0.3) is 10.9 Å². The molecule has 0 N–H and O–H groups in total. The Labute approximate surface area is 195 Å². The Morgan fingerprint density at radius 3 is 2.18 bits per heavy atom. The number of aromatic nitrogens is 1. The fourth-order valence-corrected chi connectivity index (χ4v) is 5.09. The third-order valence-electron chi connectivity index (χ3n) is 5.45. The highest BCUT2D eigenvalue weighted by Gasteiger charge is 2.25. The van der Waals surface area contributed by atoms with Crippen molar-refractivity contribution in [1.29, 1.82) is 0 Å². The first-order chi connectivity index (χ1) is 16.3. The van der Waals surface area contributed by atoms with E-state index >= 15 is 0 Å². The van der Waals surface area contributed by atoms with Crippen molar-refractivity contribution in [2.75, 3.05) is 21.3 Å². The molecular weight excluding hydrogens is 461 g/mol. The number of methoxy groups -OCH3 is 3. The van der Waals surface area contributed by atoms with E-state index in [1.165, 1.54) is 70.0 Å². The first kappa shape index (κ1) is 23.3. The lowest BCUT2D eigenvalue weighted by atomic mass is 10.1. The summed E-state index contributed by atoms with van der Waals surface area (Å²) in [5, 5.41) is 0.128. The molecule has 9 heteroatoms. The van der Waals surface area contributed by atoms with E-state index in [9.17, 15) is 17.6 Å². The molecule has 0 saturated carbocycles. The summed E-state index contributed by atoms with van der Waals surface area (Å²) in [5.41, 5.74) is 0.329. The lowest BCUT2D eigenvalue weighted by Gasteiger charge is -2.16. The molecule has 0 saturated heterocycles. The normalized spacial score (nSPS) is 11.4. The molecule has 1 aromatic heterocycles. The van der Waals surface area contributed by atoms with Gasteiger partial charge in [0.05, 0.1) is 37.1 Å². The summed E-state index contributed by atoms with van der Waals surface area (Å²) < 4.78 is 58.1. The maximum atomic E-state index is 13.8. The highest BCUT2D eigenvalue weighted by molar-refractivity contribution is 7.91. The number of sulfone groups is 1. The van der Waals surface area contributed by atoms with Gasteiger partial charge in [0.25, 0.3) is 0 Å². The standard InChI is InChI=1S/C25H22FNO6S/c1-31-18-7-9-19(10-8-18)34(29,30)24-15-27(14-16-5-4-6-17(26)11-16)21-13-23(33-3)22(32-2)12-20(21)25(24)28/h4-13,15H,14H2,1-3H3. The van der Waals surface area contributed by atoms with Crippen molar-refractivity contribution >= 4 is 20.7 Å². The zero-order valence-electron chi connectivity index (χ0n) is 18.7. The molecule has 0 aliphatic heterocycles. The van der Waals surface area contributed by atoms with Crippen LogP contribution in [0, 0.1) is 5.82 Å². The number of pyridine rings is 1. The van der Waals surface area contributed by atoms with Gasteiger partial charge in [0, 0.05) is 18.8 Å². The van der Waals surface area contributed by atoms with Crippen LogP contribution in [0.4, 0.5) is 4.39 Å². The minimum atomic E-state index is -4.18. The Hall–Kier alpha value is -3.85. The number of fused-ring (bicyclic) bond motifs is 1. The second-order valence-corrected chi connectivity index (χ2v) is 9.40. The van der Waals surface area contributed by atoms with Crippen LogP contribution in [0.3, 0.4) is 0 Å². The Bertz CT molecular complexity index is 1530. The fraction of sp³-hybridized carbons (Fsp3) is 0.160. The van der Waals surface area contributed by atoms with E-state index in [4.69, 9.17) is 14.2 Å². The van der Waals surface area contributed by atoms with Crippen molar-refractivity contribution in [3.63, 3.8) is 0 Å². The summed E-state index contributed by atoms with van der Waals surface area (Å²) in [4.78, 5) is 13.0. The number of hydrogen-bond acceptors (Lipinski definition) is 6. The zero-order valence-corrected chi connectivity index (χ0v) is 19.6. The molecule has 0 spiro atoms. The van der Waals surface area contributed by atoms with Crippen LogP contribution in [0.2, 0.25) is 0 Å². The number of nitrogens with zero attached hydrogens (tertiary/aromatic N) is 1. The number of hydrogen-bond donors (Lipinski definition) is 0. The minimum absolute atomic E-state index is 0.0532. The summed E-state index contributed by atoms with van der Waals surface area (Å²) >= 11 is 0. The van der Waals surface area contributed by atoms with E-state index in [0.29, 0.717) is 22.6 Å². The van der Waals surface area contributed by atoms with Gasteiger partial charge in [0.1, 0.15) is 16.5 Å². The molecule has 1 heterocycles. The molecule has 0 bridgehead atoms. The molecule has 0 radical (unpaired) electrons. The lowest BCUT2D eigenvalue weighted by Crippen LogP contribution is -2.20. The number of ether oxygens (including phenoxy) is 3. The quantitative estimate of drug-likeness (QED) is 0.394. The maximum absolute atomic E-state index is 13.8. The van der Waals surface area contributed by atoms with Crippen molar-refractivity contribution < 1.29 is 27.0 Å². The van der Waals surface area contributed by atoms with Gasteiger partial charge >= 0.3 is 0 Å². The van der Waals surface area contributed by atoms with Gasteiger partial charge in [-0.05, 0) is 48.0 Å². The van der Waals surface area contributed by atoms with Gasteiger partial charge in [-0.15, -0.1) is 0 Å². The summed E-state index contributed by atoms with van der Waals surface area (Å²) in [5.74, 6) is 0.711. The van der Waals surface area contributed by atoms with Crippen molar-refractivity contribution in [2.24, 2.45) is 0 Å². The highest BCUT2D eigenvalue weighted by atomic mass is 32.2. The zero-order chi connectivity index (χ0) is 24.5. The number of halogens is 1. The number of rotatable bonds is 7. The van der Waals surface area contributed by atoms with Gasteiger partial charge in [0.2, 0.25) is 15.3 Å².